The maximum absolute atomic E-state index is 11.2. The predicted molar refractivity (Wildman–Crippen MR) is 56.3 cm³/mol. The predicted octanol–water partition coefficient (Wildman–Crippen LogP) is 1.59. The fourth-order valence-electron chi connectivity index (χ4n) is 1.77. The Morgan fingerprint density at radius 2 is 1.81 bits per heavy atom. The van der Waals surface area contributed by atoms with Gasteiger partial charge in [0.1, 0.15) is 0 Å². The van der Waals surface area contributed by atoms with Crippen molar-refractivity contribution in [3.8, 4) is 0 Å². The van der Waals surface area contributed by atoms with Gasteiger partial charge in [-0.25, -0.2) is 4.79 Å². The van der Waals surface area contributed by atoms with Crippen LogP contribution >= 0.6 is 0 Å². The van der Waals surface area contributed by atoms with Crippen molar-refractivity contribution < 1.29 is 19.4 Å². The Morgan fingerprint density at radius 3 is 2.19 bits per heavy atom. The highest BCUT2D eigenvalue weighted by molar-refractivity contribution is 6.39. The lowest BCUT2D eigenvalue weighted by Gasteiger charge is -2.13. The number of methoxy groups -OCH3 is 1. The average Bonchev–Trinajstić information content (AvgIpc) is 3.09. The summed E-state index contributed by atoms with van der Waals surface area (Å²) in [6, 6.07) is 6.58. The number of benzene rings is 1. The number of ether oxygens (including phenoxy) is 1. The molecule has 1 N–H and O–H groups in total. The van der Waals surface area contributed by atoms with Crippen molar-refractivity contribution in [3.63, 3.8) is 0 Å². The van der Waals surface area contributed by atoms with Crippen LogP contribution in [0.25, 0.3) is 0 Å². The summed E-state index contributed by atoms with van der Waals surface area (Å²) in [5, 5.41) is 8.55. The molecule has 1 aromatic carbocycles. The Labute approximate surface area is 92.8 Å². The van der Waals surface area contributed by atoms with E-state index in [0.717, 1.165) is 18.4 Å². The highest BCUT2D eigenvalue weighted by atomic mass is 16.5. The molecule has 1 aliphatic rings. The van der Waals surface area contributed by atoms with E-state index in [1.165, 1.54) is 12.1 Å². The second-order valence-corrected chi connectivity index (χ2v) is 3.91. The van der Waals surface area contributed by atoms with Crippen LogP contribution in [0.3, 0.4) is 0 Å². The molecule has 0 atom stereocenters. The van der Waals surface area contributed by atoms with Crippen LogP contribution in [0.2, 0.25) is 0 Å². The van der Waals surface area contributed by atoms with Gasteiger partial charge in [0, 0.05) is 12.7 Å². The first-order valence-corrected chi connectivity index (χ1v) is 5.02. The van der Waals surface area contributed by atoms with Gasteiger partial charge >= 0.3 is 5.97 Å². The van der Waals surface area contributed by atoms with Crippen LogP contribution in [0.4, 0.5) is 0 Å². The molecule has 0 bridgehead atoms. The second kappa shape index (κ2) is 3.72. The Bertz CT molecular complexity index is 429. The van der Waals surface area contributed by atoms with E-state index in [4.69, 9.17) is 9.84 Å². The Kier molecular flexibility index (Phi) is 2.52. The first kappa shape index (κ1) is 10.8. The van der Waals surface area contributed by atoms with Crippen LogP contribution in [0.1, 0.15) is 28.8 Å². The highest BCUT2D eigenvalue weighted by Gasteiger charge is 2.44. The number of carboxylic acids is 1. The molecule has 4 nitrogen and oxygen atoms in total. The van der Waals surface area contributed by atoms with Gasteiger partial charge in [-0.05, 0) is 18.4 Å². The van der Waals surface area contributed by atoms with E-state index in [1.807, 2.05) is 0 Å². The summed E-state index contributed by atoms with van der Waals surface area (Å²) < 4.78 is 5.38. The molecule has 0 saturated heterocycles. The first-order valence-electron chi connectivity index (χ1n) is 5.02. The van der Waals surface area contributed by atoms with Gasteiger partial charge in [-0.15, -0.1) is 0 Å². The van der Waals surface area contributed by atoms with E-state index in [1.54, 1.807) is 19.2 Å². The minimum Gasteiger partial charge on any atom is -0.475 e. The van der Waals surface area contributed by atoms with Crippen LogP contribution in [0.5, 0.6) is 0 Å². The minimum absolute atomic E-state index is 0.197. The van der Waals surface area contributed by atoms with Crippen molar-refractivity contribution in [3.05, 3.63) is 35.4 Å². The molecule has 2 rings (SSSR count). The molecule has 0 unspecified atom stereocenters. The normalized spacial score (nSPS) is 16.8. The van der Waals surface area contributed by atoms with Gasteiger partial charge in [0.25, 0.3) is 5.78 Å². The maximum Gasteiger partial charge on any atom is 0.377 e. The molecule has 0 aromatic heterocycles. The molecule has 16 heavy (non-hydrogen) atoms. The smallest absolute Gasteiger partial charge is 0.377 e. The van der Waals surface area contributed by atoms with Gasteiger partial charge < -0.3 is 9.84 Å². The number of hydrogen-bond donors (Lipinski definition) is 1. The van der Waals surface area contributed by atoms with Gasteiger partial charge in [0.05, 0.1) is 5.60 Å². The van der Waals surface area contributed by atoms with Crippen molar-refractivity contribution in [1.82, 2.24) is 0 Å². The fraction of sp³-hybridized carbons (Fsp3) is 0.333. The minimum atomic E-state index is -1.43. The molecular weight excluding hydrogens is 208 g/mol. The van der Waals surface area contributed by atoms with Crippen molar-refractivity contribution in [1.29, 1.82) is 0 Å². The molecular formula is C12H12O4. The van der Waals surface area contributed by atoms with Gasteiger partial charge in [-0.1, -0.05) is 24.3 Å². The lowest BCUT2D eigenvalue weighted by atomic mass is 10.0. The Morgan fingerprint density at radius 1 is 1.25 bits per heavy atom. The molecule has 1 fully saturated rings. The number of carbonyl (C=O) groups excluding carboxylic acids is 1. The zero-order valence-corrected chi connectivity index (χ0v) is 8.90. The molecule has 1 saturated carbocycles. The van der Waals surface area contributed by atoms with E-state index >= 15 is 0 Å². The summed E-state index contributed by atoms with van der Waals surface area (Å²) in [5.74, 6) is -2.31. The fourth-order valence-corrected chi connectivity index (χ4v) is 1.77. The third kappa shape index (κ3) is 1.72. The quantitative estimate of drug-likeness (QED) is 0.618. The van der Waals surface area contributed by atoms with E-state index < -0.39 is 11.8 Å². The van der Waals surface area contributed by atoms with Crippen LogP contribution < -0.4 is 0 Å². The third-order valence-electron chi connectivity index (χ3n) is 2.96. The number of ketones is 1. The summed E-state index contributed by atoms with van der Waals surface area (Å²) in [5.41, 5.74) is 0.991. The molecule has 4 heteroatoms. The van der Waals surface area contributed by atoms with Crippen molar-refractivity contribution in [2.24, 2.45) is 0 Å². The van der Waals surface area contributed by atoms with Crippen molar-refractivity contribution in [2.45, 2.75) is 18.4 Å². The SMILES string of the molecule is COC1(c2ccc(C(=O)C(=O)O)cc2)CC1. The van der Waals surface area contributed by atoms with Gasteiger partial charge in [-0.2, -0.15) is 0 Å². The zero-order chi connectivity index (χ0) is 11.8. The molecule has 0 spiro atoms. The number of Topliss-reactive ketones (excluding diaryl/α,β-unsaturated/α-hetero) is 1. The molecule has 1 aliphatic carbocycles. The van der Waals surface area contributed by atoms with Crippen LogP contribution in [0.15, 0.2) is 24.3 Å². The molecule has 0 heterocycles. The topological polar surface area (TPSA) is 63.6 Å². The van der Waals surface area contributed by atoms with Gasteiger partial charge in [0.2, 0.25) is 0 Å². The molecule has 0 radical (unpaired) electrons. The standard InChI is InChI=1S/C12H12O4/c1-16-12(6-7-12)9-4-2-8(3-5-9)10(13)11(14)15/h2-5H,6-7H2,1H3,(H,14,15). The third-order valence-corrected chi connectivity index (χ3v) is 2.96. The highest BCUT2D eigenvalue weighted by Crippen LogP contribution is 2.48. The summed E-state index contributed by atoms with van der Waals surface area (Å²) in [4.78, 5) is 21.6. The number of aliphatic carboxylic acids is 1. The summed E-state index contributed by atoms with van der Waals surface area (Å²) in [7, 11) is 1.66. The molecule has 1 aromatic rings. The number of rotatable bonds is 4. The number of hydrogen-bond acceptors (Lipinski definition) is 3. The largest absolute Gasteiger partial charge is 0.475 e. The summed E-state index contributed by atoms with van der Waals surface area (Å²) in [6.07, 6.45) is 1.94. The zero-order valence-electron chi connectivity index (χ0n) is 8.90. The number of carbonyl (C=O) groups is 2. The van der Waals surface area contributed by atoms with Crippen LogP contribution in [-0.2, 0) is 15.1 Å². The summed E-state index contributed by atoms with van der Waals surface area (Å²) >= 11 is 0. The van der Waals surface area contributed by atoms with E-state index in [2.05, 4.69) is 0 Å². The lowest BCUT2D eigenvalue weighted by molar-refractivity contribution is -0.131. The van der Waals surface area contributed by atoms with E-state index in [0.29, 0.717) is 0 Å². The van der Waals surface area contributed by atoms with Crippen LogP contribution in [-0.4, -0.2) is 24.0 Å². The molecule has 84 valence electrons. The van der Waals surface area contributed by atoms with Crippen LogP contribution in [0, 0.1) is 0 Å². The lowest BCUT2D eigenvalue weighted by Crippen LogP contribution is -2.13. The van der Waals surface area contributed by atoms with Crippen molar-refractivity contribution >= 4 is 11.8 Å². The Hall–Kier alpha value is -1.68. The van der Waals surface area contributed by atoms with Gasteiger partial charge in [0.15, 0.2) is 0 Å². The summed E-state index contributed by atoms with van der Waals surface area (Å²) in [6.45, 7) is 0. The maximum atomic E-state index is 11.2. The van der Waals surface area contributed by atoms with Crippen molar-refractivity contribution in [2.75, 3.05) is 7.11 Å². The Balaban J connectivity index is 2.23. The molecule has 0 aliphatic heterocycles. The monoisotopic (exact) mass is 220 g/mol. The van der Waals surface area contributed by atoms with E-state index in [-0.39, 0.29) is 11.2 Å². The second-order valence-electron chi connectivity index (χ2n) is 3.91. The first-order chi connectivity index (χ1) is 7.59. The van der Waals surface area contributed by atoms with Gasteiger partial charge in [-0.3, -0.25) is 4.79 Å². The van der Waals surface area contributed by atoms with E-state index in [9.17, 15) is 9.59 Å². The number of carboxylic acid groups (broad SMARTS) is 1. The molecule has 0 amide bonds. The average molecular weight is 220 g/mol.